The van der Waals surface area contributed by atoms with E-state index in [1.807, 2.05) is 6.07 Å². The molecule has 6 heteroatoms. The monoisotopic (exact) mass is 374 g/mol. The molecule has 27 heavy (non-hydrogen) atoms. The molecule has 0 unspecified atom stereocenters. The van der Waals surface area contributed by atoms with Gasteiger partial charge in [0.15, 0.2) is 23.0 Å². The van der Waals surface area contributed by atoms with Gasteiger partial charge in [0, 0.05) is 11.5 Å². The van der Waals surface area contributed by atoms with E-state index in [1.165, 1.54) is 21.3 Å². The number of methoxy groups -OCH3 is 3. The number of ether oxygens (including phenoxy) is 3. The molecule has 1 aliphatic rings. The first-order valence-corrected chi connectivity index (χ1v) is 8.90. The van der Waals surface area contributed by atoms with Crippen molar-refractivity contribution in [2.24, 2.45) is 11.8 Å². The summed E-state index contributed by atoms with van der Waals surface area (Å²) in [5.41, 5.74) is 2.68. The molecule has 0 radical (unpaired) electrons. The van der Waals surface area contributed by atoms with Crippen LogP contribution in [0.3, 0.4) is 0 Å². The fraction of sp³-hybridized carbons (Fsp3) is 0.429. The van der Waals surface area contributed by atoms with Crippen molar-refractivity contribution in [1.29, 1.82) is 0 Å². The second-order valence-electron chi connectivity index (χ2n) is 7.14. The molecule has 0 spiro atoms. The van der Waals surface area contributed by atoms with Crippen LogP contribution in [-0.2, 0) is 6.42 Å². The van der Waals surface area contributed by atoms with Crippen LogP contribution in [0.1, 0.15) is 36.5 Å². The number of aromatic hydroxyl groups is 3. The summed E-state index contributed by atoms with van der Waals surface area (Å²) in [6.45, 7) is 4.30. The van der Waals surface area contributed by atoms with E-state index in [0.29, 0.717) is 17.4 Å². The van der Waals surface area contributed by atoms with Crippen LogP contribution < -0.4 is 14.2 Å². The van der Waals surface area contributed by atoms with Gasteiger partial charge in [-0.3, -0.25) is 0 Å². The highest BCUT2D eigenvalue weighted by molar-refractivity contribution is 5.63. The molecular weight excluding hydrogens is 348 g/mol. The van der Waals surface area contributed by atoms with Crippen molar-refractivity contribution in [3.8, 4) is 34.5 Å². The first-order chi connectivity index (χ1) is 12.8. The molecule has 3 N–H and O–H groups in total. The van der Waals surface area contributed by atoms with Crippen LogP contribution in [-0.4, -0.2) is 36.6 Å². The minimum atomic E-state index is -0.289. The van der Waals surface area contributed by atoms with E-state index in [1.54, 1.807) is 12.1 Å². The van der Waals surface area contributed by atoms with Crippen molar-refractivity contribution in [1.82, 2.24) is 0 Å². The largest absolute Gasteiger partial charge is 0.504 e. The van der Waals surface area contributed by atoms with Gasteiger partial charge in [0.2, 0.25) is 11.5 Å². The van der Waals surface area contributed by atoms with E-state index in [0.717, 1.165) is 23.1 Å². The normalized spacial score (nSPS) is 21.4. The Balaban J connectivity index is 2.29. The van der Waals surface area contributed by atoms with E-state index in [4.69, 9.17) is 14.2 Å². The average Bonchev–Trinajstić information content (AvgIpc) is 2.65. The number of benzene rings is 2. The Labute approximate surface area is 158 Å². The summed E-state index contributed by atoms with van der Waals surface area (Å²) in [5.74, 6) is 0.772. The second-order valence-corrected chi connectivity index (χ2v) is 7.14. The van der Waals surface area contributed by atoms with E-state index in [-0.39, 0.29) is 34.8 Å². The quantitative estimate of drug-likeness (QED) is 0.706. The van der Waals surface area contributed by atoms with Gasteiger partial charge in [-0.05, 0) is 47.6 Å². The van der Waals surface area contributed by atoms with Crippen LogP contribution in [0, 0.1) is 11.8 Å². The Hall–Kier alpha value is -2.76. The summed E-state index contributed by atoms with van der Waals surface area (Å²) in [5, 5.41) is 30.8. The molecule has 0 aromatic heterocycles. The van der Waals surface area contributed by atoms with Gasteiger partial charge in [0.25, 0.3) is 0 Å². The lowest BCUT2D eigenvalue weighted by molar-refractivity contribution is 0.296. The van der Waals surface area contributed by atoms with Gasteiger partial charge in [0.05, 0.1) is 21.3 Å². The zero-order valence-electron chi connectivity index (χ0n) is 16.2. The third kappa shape index (κ3) is 2.99. The van der Waals surface area contributed by atoms with Crippen LogP contribution in [0.5, 0.6) is 34.5 Å². The number of rotatable bonds is 4. The minimum Gasteiger partial charge on any atom is -0.504 e. The van der Waals surface area contributed by atoms with Gasteiger partial charge in [-0.1, -0.05) is 13.8 Å². The first-order valence-electron chi connectivity index (χ1n) is 8.90. The number of phenols is 3. The summed E-state index contributed by atoms with van der Waals surface area (Å²) in [4.78, 5) is 0. The SMILES string of the molecule is COc1cc([C@@H]2c3c(cc(OC)c(O)c3OC)C[C@@H](C)[C@H]2C)cc(O)c1O. The molecule has 0 aliphatic heterocycles. The van der Waals surface area contributed by atoms with E-state index in [2.05, 4.69) is 13.8 Å². The summed E-state index contributed by atoms with van der Waals surface area (Å²) >= 11 is 0. The van der Waals surface area contributed by atoms with Gasteiger partial charge in [-0.15, -0.1) is 0 Å². The first kappa shape index (κ1) is 19.0. The van der Waals surface area contributed by atoms with Gasteiger partial charge < -0.3 is 29.5 Å². The van der Waals surface area contributed by atoms with Gasteiger partial charge in [0.1, 0.15) is 0 Å². The third-order valence-corrected chi connectivity index (χ3v) is 5.70. The predicted molar refractivity (Wildman–Crippen MR) is 101 cm³/mol. The molecule has 0 fully saturated rings. The lowest BCUT2D eigenvalue weighted by atomic mass is 9.67. The van der Waals surface area contributed by atoms with Crippen molar-refractivity contribution >= 4 is 0 Å². The van der Waals surface area contributed by atoms with Gasteiger partial charge >= 0.3 is 0 Å². The molecule has 0 heterocycles. The van der Waals surface area contributed by atoms with Crippen LogP contribution >= 0.6 is 0 Å². The fourth-order valence-electron chi connectivity index (χ4n) is 4.11. The molecule has 2 aromatic rings. The Morgan fingerprint density at radius 3 is 2.07 bits per heavy atom. The summed E-state index contributed by atoms with van der Waals surface area (Å²) in [6.07, 6.45) is 0.821. The van der Waals surface area contributed by atoms with Crippen molar-refractivity contribution in [2.75, 3.05) is 21.3 Å². The van der Waals surface area contributed by atoms with Crippen LogP contribution in [0.2, 0.25) is 0 Å². The highest BCUT2D eigenvalue weighted by Gasteiger charge is 2.37. The predicted octanol–water partition coefficient (Wildman–Crippen LogP) is 3.79. The number of phenolic OH excluding ortho intramolecular Hbond substituents is 3. The summed E-state index contributed by atoms with van der Waals surface area (Å²) < 4.78 is 16.1. The molecule has 0 amide bonds. The highest BCUT2D eigenvalue weighted by atomic mass is 16.5. The molecule has 1 aliphatic carbocycles. The minimum absolute atomic E-state index is 0.0412. The van der Waals surface area contributed by atoms with E-state index in [9.17, 15) is 15.3 Å². The summed E-state index contributed by atoms with van der Waals surface area (Å²) in [6, 6.07) is 5.11. The zero-order chi connectivity index (χ0) is 19.9. The second kappa shape index (κ2) is 7.10. The number of hydrogen-bond donors (Lipinski definition) is 3. The number of hydrogen-bond acceptors (Lipinski definition) is 6. The lowest BCUT2D eigenvalue weighted by Crippen LogP contribution is -2.27. The zero-order valence-corrected chi connectivity index (χ0v) is 16.2. The highest BCUT2D eigenvalue weighted by Crippen LogP contribution is 2.54. The molecule has 2 aromatic carbocycles. The maximum Gasteiger partial charge on any atom is 0.201 e. The lowest BCUT2D eigenvalue weighted by Gasteiger charge is -2.38. The van der Waals surface area contributed by atoms with Crippen molar-refractivity contribution < 1.29 is 29.5 Å². The molecule has 0 bridgehead atoms. The van der Waals surface area contributed by atoms with Crippen LogP contribution in [0.25, 0.3) is 0 Å². The van der Waals surface area contributed by atoms with Crippen LogP contribution in [0.15, 0.2) is 18.2 Å². The molecule has 146 valence electrons. The van der Waals surface area contributed by atoms with E-state index < -0.39 is 0 Å². The van der Waals surface area contributed by atoms with E-state index >= 15 is 0 Å². The smallest absolute Gasteiger partial charge is 0.201 e. The molecule has 3 rings (SSSR count). The van der Waals surface area contributed by atoms with Gasteiger partial charge in [-0.2, -0.15) is 0 Å². The molecule has 0 saturated carbocycles. The third-order valence-electron chi connectivity index (χ3n) is 5.70. The molecule has 0 saturated heterocycles. The topological polar surface area (TPSA) is 88.4 Å². The average molecular weight is 374 g/mol. The fourth-order valence-corrected chi connectivity index (χ4v) is 4.11. The maximum atomic E-state index is 10.6. The van der Waals surface area contributed by atoms with Crippen molar-refractivity contribution in [3.05, 3.63) is 34.9 Å². The van der Waals surface area contributed by atoms with Crippen LogP contribution in [0.4, 0.5) is 0 Å². The maximum absolute atomic E-state index is 10.6. The molecule has 6 nitrogen and oxygen atoms in total. The Morgan fingerprint density at radius 1 is 0.852 bits per heavy atom. The molecule has 3 atom stereocenters. The van der Waals surface area contributed by atoms with Gasteiger partial charge in [-0.25, -0.2) is 0 Å². The standard InChI is InChI=1S/C21H26O6/c1-10-6-12-8-16(26-4)20(24)21(27-5)18(12)17(11(10)2)13-7-14(22)19(23)15(9-13)25-3/h7-11,17,22-24H,6H2,1-5H3/t10-,11-,17-/m1/s1. The summed E-state index contributed by atoms with van der Waals surface area (Å²) in [7, 11) is 4.47. The van der Waals surface area contributed by atoms with Crippen molar-refractivity contribution in [3.63, 3.8) is 0 Å². The van der Waals surface area contributed by atoms with Crippen molar-refractivity contribution in [2.45, 2.75) is 26.2 Å². The Bertz CT molecular complexity index is 860. The number of fused-ring (bicyclic) bond motifs is 1. The molecular formula is C21H26O6. The Kier molecular flexibility index (Phi) is 5.00. The Morgan fingerprint density at radius 2 is 1.48 bits per heavy atom.